The fourth-order valence-electron chi connectivity index (χ4n) is 3.31. The van der Waals surface area contributed by atoms with Crippen molar-refractivity contribution < 1.29 is 27.5 Å². The van der Waals surface area contributed by atoms with E-state index in [1.165, 1.54) is 6.07 Å². The molecule has 2 N–H and O–H groups in total. The summed E-state index contributed by atoms with van der Waals surface area (Å²) in [5.74, 6) is -0.896. The summed E-state index contributed by atoms with van der Waals surface area (Å²) < 4.78 is 33.7. The maximum atomic E-state index is 12.1. The largest absolute Gasteiger partial charge is 0.484 e. The monoisotopic (exact) mass is 403 g/mol. The van der Waals surface area contributed by atoms with Crippen LogP contribution in [0.4, 0.5) is 0 Å². The zero-order valence-electron chi connectivity index (χ0n) is 14.6. The zero-order valence-corrected chi connectivity index (χ0v) is 15.4. The van der Waals surface area contributed by atoms with E-state index in [9.17, 15) is 23.1 Å². The summed E-state index contributed by atoms with van der Waals surface area (Å²) in [7, 11) is -3.35. The van der Waals surface area contributed by atoms with Crippen molar-refractivity contribution in [3.63, 3.8) is 0 Å². The second-order valence-electron chi connectivity index (χ2n) is 6.70. The molecule has 2 heterocycles. The second-order valence-corrected chi connectivity index (χ2v) is 8.85. The summed E-state index contributed by atoms with van der Waals surface area (Å²) in [6, 6.07) is 11.2. The summed E-state index contributed by atoms with van der Waals surface area (Å²) in [5.41, 5.74) is -0.131. The van der Waals surface area contributed by atoms with Crippen molar-refractivity contribution >= 4 is 37.5 Å². The van der Waals surface area contributed by atoms with Gasteiger partial charge >= 0.3 is 5.63 Å². The maximum Gasteiger partial charge on any atom is 0.344 e. The average molecular weight is 403 g/mol. The number of hydrogen-bond donors (Lipinski definition) is 2. The molecule has 1 aliphatic rings. The Morgan fingerprint density at radius 2 is 1.89 bits per heavy atom. The van der Waals surface area contributed by atoms with Gasteiger partial charge in [0.2, 0.25) is 0 Å². The van der Waals surface area contributed by atoms with Gasteiger partial charge in [-0.05, 0) is 23.6 Å². The summed E-state index contributed by atoms with van der Waals surface area (Å²) in [4.78, 5) is 24.1. The third-order valence-electron chi connectivity index (χ3n) is 4.63. The molecule has 9 heteroatoms. The zero-order chi connectivity index (χ0) is 19.9. The molecule has 1 amide bonds. The molecule has 1 saturated heterocycles. The van der Waals surface area contributed by atoms with Crippen molar-refractivity contribution in [2.45, 2.75) is 12.1 Å². The lowest BCUT2D eigenvalue weighted by atomic mass is 10.1. The highest BCUT2D eigenvalue weighted by Gasteiger charge is 2.37. The van der Waals surface area contributed by atoms with E-state index in [0.29, 0.717) is 16.7 Å². The van der Waals surface area contributed by atoms with Crippen molar-refractivity contribution in [1.29, 1.82) is 0 Å². The minimum absolute atomic E-state index is 0.298. The van der Waals surface area contributed by atoms with E-state index in [1.54, 1.807) is 24.3 Å². The van der Waals surface area contributed by atoms with Gasteiger partial charge in [-0.25, -0.2) is 13.2 Å². The molecule has 4 rings (SSSR count). The van der Waals surface area contributed by atoms with E-state index < -0.39 is 33.5 Å². The Labute approximate surface area is 159 Å². The molecule has 2 unspecified atom stereocenters. The number of rotatable bonds is 4. The Morgan fingerprint density at radius 3 is 2.61 bits per heavy atom. The van der Waals surface area contributed by atoms with Crippen LogP contribution >= 0.6 is 0 Å². The van der Waals surface area contributed by atoms with Crippen molar-refractivity contribution in [1.82, 2.24) is 5.32 Å². The van der Waals surface area contributed by atoms with Crippen molar-refractivity contribution in [2.24, 2.45) is 0 Å². The lowest BCUT2D eigenvalue weighted by molar-refractivity contribution is -0.124. The number of carbonyl (C=O) groups is 1. The number of benzene rings is 2. The highest BCUT2D eigenvalue weighted by Crippen LogP contribution is 2.26. The number of aliphatic hydroxyl groups is 1. The number of hydrogen-bond acceptors (Lipinski definition) is 7. The van der Waals surface area contributed by atoms with Crippen LogP contribution in [0.1, 0.15) is 0 Å². The van der Waals surface area contributed by atoms with E-state index in [4.69, 9.17) is 9.15 Å². The van der Waals surface area contributed by atoms with Crippen molar-refractivity contribution in [3.8, 4) is 5.75 Å². The van der Waals surface area contributed by atoms with Gasteiger partial charge in [0.05, 0.1) is 29.0 Å². The Hall–Kier alpha value is -2.91. The lowest BCUT2D eigenvalue weighted by Crippen LogP contribution is -2.44. The normalized spacial score (nSPS) is 21.0. The van der Waals surface area contributed by atoms with Gasteiger partial charge in [0, 0.05) is 11.5 Å². The second kappa shape index (κ2) is 6.92. The maximum absolute atomic E-state index is 12.1. The van der Waals surface area contributed by atoms with Gasteiger partial charge in [-0.15, -0.1) is 0 Å². The molecule has 0 aliphatic carbocycles. The van der Waals surface area contributed by atoms with Gasteiger partial charge in [0.1, 0.15) is 11.3 Å². The average Bonchev–Trinajstić information content (AvgIpc) is 2.91. The number of ether oxygens (including phenoxy) is 1. The molecule has 146 valence electrons. The Bertz CT molecular complexity index is 1230. The summed E-state index contributed by atoms with van der Waals surface area (Å²) >= 11 is 0. The molecular formula is C19H17NO7S. The van der Waals surface area contributed by atoms with Crippen molar-refractivity contribution in [2.75, 3.05) is 18.1 Å². The van der Waals surface area contributed by atoms with Crippen LogP contribution in [0.25, 0.3) is 21.7 Å². The van der Waals surface area contributed by atoms with Crippen LogP contribution in [0.3, 0.4) is 0 Å². The van der Waals surface area contributed by atoms with Crippen LogP contribution in [0.2, 0.25) is 0 Å². The van der Waals surface area contributed by atoms with Gasteiger partial charge in [-0.1, -0.05) is 18.2 Å². The predicted molar refractivity (Wildman–Crippen MR) is 102 cm³/mol. The topological polar surface area (TPSA) is 123 Å². The lowest BCUT2D eigenvalue weighted by Gasteiger charge is -2.15. The highest BCUT2D eigenvalue weighted by molar-refractivity contribution is 7.91. The Morgan fingerprint density at radius 1 is 1.14 bits per heavy atom. The van der Waals surface area contributed by atoms with Crippen LogP contribution < -0.4 is 15.7 Å². The summed E-state index contributed by atoms with van der Waals surface area (Å²) in [6.07, 6.45) is -1.13. The number of fused-ring (bicyclic) bond motifs is 3. The Kier molecular flexibility index (Phi) is 4.56. The molecule has 1 aromatic heterocycles. The minimum Gasteiger partial charge on any atom is -0.484 e. The quantitative estimate of drug-likeness (QED) is 0.483. The molecule has 1 fully saturated rings. The summed E-state index contributed by atoms with van der Waals surface area (Å²) in [5, 5.41) is 14.2. The standard InChI is InChI=1S/C19H17NO7S/c21-16-10-28(24,25)9-15(16)20-18(22)8-26-11-5-6-13-12-3-1-2-4-14(12)19(23)27-17(13)7-11/h1-7,15-16,21H,8-10H2,(H,20,22). The Balaban J connectivity index is 1.49. The molecule has 0 radical (unpaired) electrons. The number of aliphatic hydroxyl groups excluding tert-OH is 1. The van der Waals surface area contributed by atoms with Gasteiger partial charge in [0.25, 0.3) is 5.91 Å². The van der Waals surface area contributed by atoms with Gasteiger partial charge < -0.3 is 19.6 Å². The molecule has 0 bridgehead atoms. The number of nitrogens with one attached hydrogen (secondary N) is 1. The molecule has 8 nitrogen and oxygen atoms in total. The third kappa shape index (κ3) is 3.58. The van der Waals surface area contributed by atoms with Crippen LogP contribution in [0.5, 0.6) is 5.75 Å². The van der Waals surface area contributed by atoms with Gasteiger partial charge in [0.15, 0.2) is 16.4 Å². The SMILES string of the molecule is O=C(COc1ccc2c(c1)oc(=O)c1ccccc12)NC1CS(=O)(=O)CC1O. The predicted octanol–water partition coefficient (Wildman–Crippen LogP) is 0.599. The van der Waals surface area contributed by atoms with Crippen molar-refractivity contribution in [3.05, 3.63) is 52.9 Å². The number of carbonyl (C=O) groups excluding carboxylic acids is 1. The molecule has 3 aromatic rings. The summed E-state index contributed by atoms with van der Waals surface area (Å²) in [6.45, 7) is -0.368. The fraction of sp³-hybridized carbons (Fsp3) is 0.263. The van der Waals surface area contributed by atoms with Gasteiger partial charge in [-0.2, -0.15) is 0 Å². The van der Waals surface area contributed by atoms with E-state index >= 15 is 0 Å². The molecule has 0 spiro atoms. The molecule has 0 saturated carbocycles. The minimum atomic E-state index is -3.35. The van der Waals surface area contributed by atoms with Crippen LogP contribution in [-0.2, 0) is 14.6 Å². The number of amides is 1. The molecule has 2 atom stereocenters. The smallest absolute Gasteiger partial charge is 0.344 e. The third-order valence-corrected chi connectivity index (χ3v) is 6.35. The number of sulfone groups is 1. The van der Waals surface area contributed by atoms with Gasteiger partial charge in [-0.3, -0.25) is 4.79 Å². The molecule has 1 aliphatic heterocycles. The van der Waals surface area contributed by atoms with E-state index in [0.717, 1.165) is 10.8 Å². The van der Waals surface area contributed by atoms with E-state index in [-0.39, 0.29) is 18.1 Å². The van der Waals surface area contributed by atoms with E-state index in [2.05, 4.69) is 5.32 Å². The van der Waals surface area contributed by atoms with Crippen LogP contribution in [-0.4, -0.2) is 49.7 Å². The van der Waals surface area contributed by atoms with Crippen LogP contribution in [0.15, 0.2) is 51.7 Å². The first kappa shape index (κ1) is 18.5. The first-order valence-corrected chi connectivity index (χ1v) is 10.4. The fourth-order valence-corrected chi connectivity index (χ4v) is 5.06. The van der Waals surface area contributed by atoms with Crippen LogP contribution in [0, 0.1) is 0 Å². The molecule has 2 aromatic carbocycles. The molecule has 28 heavy (non-hydrogen) atoms. The first-order chi connectivity index (χ1) is 13.3. The first-order valence-electron chi connectivity index (χ1n) is 8.59. The van der Waals surface area contributed by atoms with E-state index in [1.807, 2.05) is 12.1 Å². The molecular weight excluding hydrogens is 386 g/mol. The highest BCUT2D eigenvalue weighted by atomic mass is 32.2.